The highest BCUT2D eigenvalue weighted by atomic mass is 35.5. The molecule has 0 spiro atoms. The lowest BCUT2D eigenvalue weighted by atomic mass is 10.1. The molecule has 0 radical (unpaired) electrons. The number of aryl methyl sites for hydroxylation is 1. The third-order valence-corrected chi connectivity index (χ3v) is 3.83. The molecular weight excluding hydrogens is 324 g/mol. The highest BCUT2D eigenvalue weighted by Gasteiger charge is 2.06. The van der Waals surface area contributed by atoms with Crippen LogP contribution in [0, 0.1) is 6.92 Å². The number of amides is 2. The predicted octanol–water partition coefficient (Wildman–Crippen LogP) is 3.76. The number of nitrogens with one attached hydrogen (secondary N) is 2. The minimum absolute atomic E-state index is 0.0224. The molecule has 2 aromatic carbocycles. The second-order valence-corrected chi connectivity index (χ2v) is 6.04. The zero-order chi connectivity index (χ0) is 17.4. The van der Waals surface area contributed by atoms with Crippen LogP contribution in [0.5, 0.6) is 0 Å². The van der Waals surface area contributed by atoms with E-state index in [4.69, 9.17) is 11.6 Å². The fourth-order valence-corrected chi connectivity index (χ4v) is 2.46. The van der Waals surface area contributed by atoms with Crippen LogP contribution < -0.4 is 10.6 Å². The summed E-state index contributed by atoms with van der Waals surface area (Å²) in [5, 5.41) is 6.15. The van der Waals surface area contributed by atoms with E-state index in [-0.39, 0.29) is 18.2 Å². The topological polar surface area (TPSA) is 58.2 Å². The van der Waals surface area contributed by atoms with Crippen LogP contribution in [0.2, 0.25) is 5.02 Å². The molecule has 2 aromatic rings. The number of carbonyl (C=O) groups is 2. The molecule has 126 valence electrons. The Morgan fingerprint density at radius 2 is 1.71 bits per heavy atom. The summed E-state index contributed by atoms with van der Waals surface area (Å²) in [6, 6.07) is 14.7. The van der Waals surface area contributed by atoms with Crippen molar-refractivity contribution in [2.24, 2.45) is 0 Å². The number of urea groups is 1. The number of carbonyl (C=O) groups excluding carboxylic acids is 2. The first-order valence-corrected chi connectivity index (χ1v) is 8.28. The molecule has 0 atom stereocenters. The largest absolute Gasteiger partial charge is 0.338 e. The Morgan fingerprint density at radius 1 is 1.00 bits per heavy atom. The quantitative estimate of drug-likeness (QED) is 0.751. The first-order chi connectivity index (χ1) is 11.5. The second kappa shape index (κ2) is 9.08. The number of halogens is 1. The fraction of sp³-hybridized carbons (Fsp3) is 0.263. The fourth-order valence-electron chi connectivity index (χ4n) is 2.25. The summed E-state index contributed by atoms with van der Waals surface area (Å²) < 4.78 is 0. The van der Waals surface area contributed by atoms with Gasteiger partial charge in [-0.2, -0.15) is 0 Å². The minimum atomic E-state index is -0.270. The molecule has 0 heterocycles. The van der Waals surface area contributed by atoms with Gasteiger partial charge in [-0.1, -0.05) is 53.6 Å². The van der Waals surface area contributed by atoms with Crippen LogP contribution in [0.15, 0.2) is 48.5 Å². The van der Waals surface area contributed by atoms with Gasteiger partial charge in [-0.05, 0) is 31.0 Å². The van der Waals surface area contributed by atoms with Crippen molar-refractivity contribution in [1.82, 2.24) is 10.6 Å². The Bertz CT molecular complexity index is 699. The van der Waals surface area contributed by atoms with Crippen molar-refractivity contribution < 1.29 is 9.59 Å². The lowest BCUT2D eigenvalue weighted by Crippen LogP contribution is -2.37. The van der Waals surface area contributed by atoms with Gasteiger partial charge in [0.1, 0.15) is 0 Å². The number of hydrogen-bond acceptors (Lipinski definition) is 2. The molecule has 24 heavy (non-hydrogen) atoms. The molecule has 0 aliphatic rings. The van der Waals surface area contributed by atoms with Crippen molar-refractivity contribution in [1.29, 1.82) is 0 Å². The van der Waals surface area contributed by atoms with Gasteiger partial charge in [0.05, 0.1) is 0 Å². The maximum atomic E-state index is 12.0. The molecule has 0 fully saturated rings. The van der Waals surface area contributed by atoms with E-state index in [1.807, 2.05) is 55.5 Å². The third-order valence-electron chi connectivity index (χ3n) is 3.60. The molecule has 0 aliphatic heterocycles. The van der Waals surface area contributed by atoms with Gasteiger partial charge in [-0.25, -0.2) is 4.79 Å². The smallest absolute Gasteiger partial charge is 0.314 e. The summed E-state index contributed by atoms with van der Waals surface area (Å²) in [6.45, 7) is 2.80. The third kappa shape index (κ3) is 6.05. The van der Waals surface area contributed by atoms with E-state index in [0.717, 1.165) is 11.1 Å². The van der Waals surface area contributed by atoms with Crippen molar-refractivity contribution in [3.8, 4) is 0 Å². The molecule has 0 aliphatic carbocycles. The van der Waals surface area contributed by atoms with E-state index < -0.39 is 0 Å². The van der Waals surface area contributed by atoms with Crippen molar-refractivity contribution in [2.45, 2.75) is 19.8 Å². The van der Waals surface area contributed by atoms with Gasteiger partial charge in [0, 0.05) is 30.1 Å². The molecule has 5 heteroatoms. The predicted molar refractivity (Wildman–Crippen MR) is 96.7 cm³/mol. The van der Waals surface area contributed by atoms with Crippen molar-refractivity contribution in [3.05, 3.63) is 70.2 Å². The van der Waals surface area contributed by atoms with Crippen LogP contribution in [0.4, 0.5) is 4.79 Å². The summed E-state index contributed by atoms with van der Waals surface area (Å²) in [7, 11) is 0. The molecule has 0 saturated carbocycles. The lowest BCUT2D eigenvalue weighted by molar-refractivity contribution is 0.0983. The number of hydrogen-bond donors (Lipinski definition) is 2. The first kappa shape index (κ1) is 18.0. The van der Waals surface area contributed by atoms with Gasteiger partial charge < -0.3 is 10.6 Å². The van der Waals surface area contributed by atoms with Crippen LogP contribution in [-0.4, -0.2) is 24.9 Å². The Balaban J connectivity index is 1.64. The van der Waals surface area contributed by atoms with Gasteiger partial charge in [0.15, 0.2) is 5.78 Å². The van der Waals surface area contributed by atoms with Crippen molar-refractivity contribution in [3.63, 3.8) is 0 Å². The highest BCUT2D eigenvalue weighted by molar-refractivity contribution is 6.30. The van der Waals surface area contributed by atoms with Crippen LogP contribution >= 0.6 is 11.6 Å². The summed E-state index contributed by atoms with van der Waals surface area (Å²) in [5.41, 5.74) is 2.85. The van der Waals surface area contributed by atoms with Crippen LogP contribution in [0.25, 0.3) is 0 Å². The Kier molecular flexibility index (Phi) is 6.82. The standard InChI is InChI=1S/C19H21ClN2O2/c1-14-5-7-16(8-6-14)18(23)10-12-22-19(24)21-11-9-15-3-2-4-17(20)13-15/h2-8,13H,9-12H2,1H3,(H2,21,22,24). The average Bonchev–Trinajstić information content (AvgIpc) is 2.55. The normalized spacial score (nSPS) is 10.2. The molecular formula is C19H21ClN2O2. The van der Waals surface area contributed by atoms with E-state index in [2.05, 4.69) is 10.6 Å². The second-order valence-electron chi connectivity index (χ2n) is 5.60. The maximum Gasteiger partial charge on any atom is 0.314 e. The van der Waals surface area contributed by atoms with Crippen molar-refractivity contribution in [2.75, 3.05) is 13.1 Å². The maximum absolute atomic E-state index is 12.0. The minimum Gasteiger partial charge on any atom is -0.338 e. The monoisotopic (exact) mass is 344 g/mol. The van der Waals surface area contributed by atoms with Gasteiger partial charge in [-0.15, -0.1) is 0 Å². The molecule has 0 aromatic heterocycles. The van der Waals surface area contributed by atoms with E-state index in [9.17, 15) is 9.59 Å². The molecule has 4 nitrogen and oxygen atoms in total. The SMILES string of the molecule is Cc1ccc(C(=O)CCNC(=O)NCCc2cccc(Cl)c2)cc1. The van der Waals surface area contributed by atoms with E-state index in [0.29, 0.717) is 30.1 Å². The van der Waals surface area contributed by atoms with Gasteiger partial charge in [0.2, 0.25) is 0 Å². The molecule has 2 rings (SSSR count). The van der Waals surface area contributed by atoms with Crippen LogP contribution in [0.1, 0.15) is 27.9 Å². The summed E-state index contributed by atoms with van der Waals surface area (Å²) in [6.07, 6.45) is 0.987. The molecule has 2 amide bonds. The summed E-state index contributed by atoms with van der Waals surface area (Å²) >= 11 is 5.91. The number of Topliss-reactive ketones (excluding diaryl/α,β-unsaturated/α-hetero) is 1. The number of ketones is 1. The molecule has 0 saturated heterocycles. The summed E-state index contributed by atoms with van der Waals surface area (Å²) in [5.74, 6) is 0.0224. The Hall–Kier alpha value is -2.33. The molecule has 2 N–H and O–H groups in total. The number of rotatable bonds is 7. The van der Waals surface area contributed by atoms with Gasteiger partial charge in [0.25, 0.3) is 0 Å². The molecule has 0 unspecified atom stereocenters. The first-order valence-electron chi connectivity index (χ1n) is 7.90. The van der Waals surface area contributed by atoms with Crippen LogP contribution in [0.3, 0.4) is 0 Å². The lowest BCUT2D eigenvalue weighted by Gasteiger charge is -2.08. The van der Waals surface area contributed by atoms with Crippen LogP contribution in [-0.2, 0) is 6.42 Å². The molecule has 0 bridgehead atoms. The average molecular weight is 345 g/mol. The van der Waals surface area contributed by atoms with E-state index in [1.54, 1.807) is 0 Å². The number of benzene rings is 2. The van der Waals surface area contributed by atoms with Gasteiger partial charge in [-0.3, -0.25) is 4.79 Å². The zero-order valence-electron chi connectivity index (χ0n) is 13.6. The Morgan fingerprint density at radius 3 is 2.42 bits per heavy atom. The van der Waals surface area contributed by atoms with Gasteiger partial charge >= 0.3 is 6.03 Å². The van der Waals surface area contributed by atoms with Crippen molar-refractivity contribution >= 4 is 23.4 Å². The highest BCUT2D eigenvalue weighted by Crippen LogP contribution is 2.10. The van der Waals surface area contributed by atoms with E-state index in [1.165, 1.54) is 0 Å². The Labute approximate surface area is 147 Å². The van der Waals surface area contributed by atoms with E-state index >= 15 is 0 Å². The zero-order valence-corrected chi connectivity index (χ0v) is 14.4. The summed E-state index contributed by atoms with van der Waals surface area (Å²) in [4.78, 5) is 23.7.